The van der Waals surface area contributed by atoms with Crippen molar-refractivity contribution in [2.24, 2.45) is 0 Å². The maximum atomic E-state index is 10.6. The van der Waals surface area contributed by atoms with E-state index in [1.807, 2.05) is 0 Å². The fraction of sp³-hybridized carbons (Fsp3) is 0.857. The highest BCUT2D eigenvalue weighted by Crippen LogP contribution is 2.12. The molecule has 1 radical (unpaired) electrons. The molecule has 0 aromatic carbocycles. The van der Waals surface area contributed by atoms with Crippen LogP contribution in [0.25, 0.3) is 0 Å². The third-order valence-electron chi connectivity index (χ3n) is 1.64. The van der Waals surface area contributed by atoms with Crippen LogP contribution in [0.3, 0.4) is 0 Å². The van der Waals surface area contributed by atoms with Crippen molar-refractivity contribution < 1.29 is 4.79 Å². The van der Waals surface area contributed by atoms with Gasteiger partial charge in [0.25, 0.3) is 0 Å². The first-order chi connectivity index (χ1) is 4.33. The van der Waals surface area contributed by atoms with Gasteiger partial charge in [0.2, 0.25) is 5.91 Å². The van der Waals surface area contributed by atoms with Crippen LogP contribution in [-0.2, 0) is 4.79 Å². The zero-order valence-corrected chi connectivity index (χ0v) is 5.76. The molecule has 1 atom stereocenters. The Balaban J connectivity index is 2.22. The quantitative estimate of drug-likeness (QED) is 0.544. The summed E-state index contributed by atoms with van der Waals surface area (Å²) >= 11 is 0. The maximum absolute atomic E-state index is 10.6. The molecule has 51 valence electrons. The minimum atomic E-state index is 0.105. The zero-order valence-electron chi connectivity index (χ0n) is 5.76. The molecule has 9 heavy (non-hydrogen) atoms. The fourth-order valence-electron chi connectivity index (χ4n) is 1.16. The first-order valence-corrected chi connectivity index (χ1v) is 3.56. The van der Waals surface area contributed by atoms with Crippen LogP contribution in [0.1, 0.15) is 32.6 Å². The van der Waals surface area contributed by atoms with Crippen LogP contribution in [0.15, 0.2) is 0 Å². The average molecular weight is 126 g/mol. The summed E-state index contributed by atoms with van der Waals surface area (Å²) < 4.78 is 0. The van der Waals surface area contributed by atoms with Gasteiger partial charge in [0.1, 0.15) is 0 Å². The highest BCUT2D eigenvalue weighted by molar-refractivity contribution is 5.78. The third kappa shape index (κ3) is 1.70. The fourth-order valence-corrected chi connectivity index (χ4v) is 1.16. The van der Waals surface area contributed by atoms with Gasteiger partial charge in [0.15, 0.2) is 0 Å². The van der Waals surface area contributed by atoms with E-state index in [0.717, 1.165) is 19.3 Å². The lowest BCUT2D eigenvalue weighted by molar-refractivity contribution is -0.119. The first kappa shape index (κ1) is 6.59. The monoisotopic (exact) mass is 126 g/mol. The molecule has 1 saturated heterocycles. The van der Waals surface area contributed by atoms with Gasteiger partial charge in [-0.05, 0) is 12.8 Å². The SMILES string of the molecule is CCCC1CCC(=O)[N]1. The summed E-state index contributed by atoms with van der Waals surface area (Å²) in [6, 6.07) is 0.363. The summed E-state index contributed by atoms with van der Waals surface area (Å²) in [4.78, 5) is 10.6. The molecule has 1 aliphatic heterocycles. The van der Waals surface area contributed by atoms with Gasteiger partial charge < -0.3 is 0 Å². The lowest BCUT2D eigenvalue weighted by Gasteiger charge is -2.02. The van der Waals surface area contributed by atoms with Crippen molar-refractivity contribution in [3.05, 3.63) is 0 Å². The van der Waals surface area contributed by atoms with E-state index in [1.165, 1.54) is 0 Å². The van der Waals surface area contributed by atoms with Crippen LogP contribution in [0.2, 0.25) is 0 Å². The molecule has 0 saturated carbocycles. The van der Waals surface area contributed by atoms with Crippen molar-refractivity contribution in [1.29, 1.82) is 0 Å². The smallest absolute Gasteiger partial charge is 0.241 e. The summed E-state index contributed by atoms with van der Waals surface area (Å²) in [5.41, 5.74) is 0. The Labute approximate surface area is 55.6 Å². The van der Waals surface area contributed by atoms with E-state index >= 15 is 0 Å². The Kier molecular flexibility index (Phi) is 2.09. The molecule has 2 heteroatoms. The molecule has 0 N–H and O–H groups in total. The molecule has 0 aromatic heterocycles. The van der Waals surface area contributed by atoms with Crippen molar-refractivity contribution >= 4 is 5.91 Å². The Morgan fingerprint density at radius 3 is 3.00 bits per heavy atom. The zero-order chi connectivity index (χ0) is 6.69. The molecule has 1 fully saturated rings. The third-order valence-corrected chi connectivity index (χ3v) is 1.64. The highest BCUT2D eigenvalue weighted by Gasteiger charge is 2.21. The van der Waals surface area contributed by atoms with Crippen LogP contribution in [0, 0.1) is 0 Å². The van der Waals surface area contributed by atoms with Gasteiger partial charge in [-0.2, -0.15) is 0 Å². The lowest BCUT2D eigenvalue weighted by atomic mass is 10.1. The molecule has 1 aliphatic rings. The number of hydrogen-bond donors (Lipinski definition) is 0. The number of nitrogens with zero attached hydrogens (tertiary/aromatic N) is 1. The van der Waals surface area contributed by atoms with Gasteiger partial charge in [0, 0.05) is 6.42 Å². The number of carbonyl (C=O) groups excluding carboxylic acids is 1. The Morgan fingerprint density at radius 1 is 1.78 bits per heavy atom. The van der Waals surface area contributed by atoms with E-state index in [1.54, 1.807) is 0 Å². The number of rotatable bonds is 2. The molecule has 0 aliphatic carbocycles. The summed E-state index contributed by atoms with van der Waals surface area (Å²) in [5.74, 6) is 0.105. The van der Waals surface area contributed by atoms with Gasteiger partial charge in [-0.3, -0.25) is 4.79 Å². The summed E-state index contributed by atoms with van der Waals surface area (Å²) in [6.45, 7) is 2.12. The number of hydrogen-bond acceptors (Lipinski definition) is 1. The highest BCUT2D eigenvalue weighted by atomic mass is 16.1. The minimum absolute atomic E-state index is 0.105. The molecule has 1 heterocycles. The van der Waals surface area contributed by atoms with Crippen molar-refractivity contribution in [2.75, 3.05) is 0 Å². The van der Waals surface area contributed by atoms with Crippen LogP contribution < -0.4 is 5.32 Å². The van der Waals surface area contributed by atoms with E-state index < -0.39 is 0 Å². The predicted octanol–water partition coefficient (Wildman–Crippen LogP) is 1.08. The summed E-state index contributed by atoms with van der Waals surface area (Å²) in [5, 5.41) is 3.94. The van der Waals surface area contributed by atoms with Crippen LogP contribution in [0.4, 0.5) is 0 Å². The topological polar surface area (TPSA) is 31.2 Å². The normalized spacial score (nSPS) is 26.3. The summed E-state index contributed by atoms with van der Waals surface area (Å²) in [6.07, 6.45) is 3.91. The molecular formula is C7H12NO. The van der Waals surface area contributed by atoms with E-state index in [4.69, 9.17) is 0 Å². The second kappa shape index (κ2) is 2.85. The van der Waals surface area contributed by atoms with Crippen molar-refractivity contribution in [3.63, 3.8) is 0 Å². The number of carbonyl (C=O) groups is 1. The van der Waals surface area contributed by atoms with Crippen LogP contribution >= 0.6 is 0 Å². The Bertz CT molecular complexity index is 111. The maximum Gasteiger partial charge on any atom is 0.241 e. The van der Waals surface area contributed by atoms with E-state index in [9.17, 15) is 4.79 Å². The van der Waals surface area contributed by atoms with Crippen LogP contribution in [-0.4, -0.2) is 11.9 Å². The average Bonchev–Trinajstić information content (AvgIpc) is 2.17. The molecule has 1 rings (SSSR count). The Hall–Kier alpha value is -0.530. The number of amides is 1. The van der Waals surface area contributed by atoms with Gasteiger partial charge in [-0.25, -0.2) is 5.32 Å². The first-order valence-electron chi connectivity index (χ1n) is 3.56. The second-order valence-electron chi connectivity index (χ2n) is 2.50. The molecule has 0 aromatic rings. The van der Waals surface area contributed by atoms with Gasteiger partial charge in [0.05, 0.1) is 6.04 Å². The molecular weight excluding hydrogens is 114 g/mol. The van der Waals surface area contributed by atoms with Crippen LogP contribution in [0.5, 0.6) is 0 Å². The standard InChI is InChI=1S/C7H12NO/c1-2-3-6-4-5-7(9)8-6/h6H,2-5H2,1H3. The largest absolute Gasteiger partial charge is 0.273 e. The molecule has 0 spiro atoms. The van der Waals surface area contributed by atoms with Crippen molar-refractivity contribution in [3.8, 4) is 0 Å². The van der Waals surface area contributed by atoms with Crippen molar-refractivity contribution in [1.82, 2.24) is 5.32 Å². The second-order valence-corrected chi connectivity index (χ2v) is 2.50. The molecule has 1 unspecified atom stereocenters. The molecule has 1 amide bonds. The van der Waals surface area contributed by atoms with Gasteiger partial charge >= 0.3 is 0 Å². The van der Waals surface area contributed by atoms with E-state index in [2.05, 4.69) is 12.2 Å². The van der Waals surface area contributed by atoms with Crippen molar-refractivity contribution in [2.45, 2.75) is 38.6 Å². The minimum Gasteiger partial charge on any atom is -0.273 e. The lowest BCUT2D eigenvalue weighted by Crippen LogP contribution is -2.16. The predicted molar refractivity (Wildman–Crippen MR) is 35.1 cm³/mol. The van der Waals surface area contributed by atoms with E-state index in [0.29, 0.717) is 12.5 Å². The molecule has 0 bridgehead atoms. The molecule has 2 nitrogen and oxygen atoms in total. The summed E-state index contributed by atoms with van der Waals surface area (Å²) in [7, 11) is 0. The van der Waals surface area contributed by atoms with Gasteiger partial charge in [-0.15, -0.1) is 0 Å². The van der Waals surface area contributed by atoms with Gasteiger partial charge in [-0.1, -0.05) is 13.3 Å². The van der Waals surface area contributed by atoms with E-state index in [-0.39, 0.29) is 5.91 Å². The Morgan fingerprint density at radius 2 is 2.56 bits per heavy atom.